The van der Waals surface area contributed by atoms with E-state index in [0.717, 1.165) is 64.6 Å². The molecule has 0 rings (SSSR count). The van der Waals surface area contributed by atoms with Crippen LogP contribution in [-0.2, 0) is 19.1 Å². The molecule has 0 bridgehead atoms. The van der Waals surface area contributed by atoms with E-state index < -0.39 is 0 Å². The number of esters is 1. The zero-order valence-corrected chi connectivity index (χ0v) is 35.9. The summed E-state index contributed by atoms with van der Waals surface area (Å²) >= 11 is 0. The highest BCUT2D eigenvalue weighted by Gasteiger charge is 2.14. The summed E-state index contributed by atoms with van der Waals surface area (Å²) < 4.78 is 11.0. The highest BCUT2D eigenvalue weighted by atomic mass is 16.5. The summed E-state index contributed by atoms with van der Waals surface area (Å²) in [6, 6.07) is 0. The number of hydrogen-bond donors (Lipinski definition) is 1. The Kier molecular flexibility index (Phi) is 46.9. The molecule has 0 aliphatic heterocycles. The summed E-state index contributed by atoms with van der Waals surface area (Å²) in [6.45, 7) is 15.0. The molecule has 312 valence electrons. The van der Waals surface area contributed by atoms with E-state index in [1.807, 2.05) is 0 Å². The van der Waals surface area contributed by atoms with Crippen molar-refractivity contribution in [3.8, 4) is 0 Å². The molecule has 0 aliphatic rings. The van der Waals surface area contributed by atoms with Crippen molar-refractivity contribution < 1.29 is 24.2 Å². The fourth-order valence-corrected chi connectivity index (χ4v) is 7.02. The van der Waals surface area contributed by atoms with E-state index in [0.29, 0.717) is 12.9 Å². The molecular weight excluding hydrogens is 647 g/mol. The Balaban J connectivity index is 0. The van der Waals surface area contributed by atoms with Gasteiger partial charge in [-0.2, -0.15) is 0 Å². The maximum atomic E-state index is 12.5. The van der Waals surface area contributed by atoms with Crippen molar-refractivity contribution >= 4 is 12.4 Å². The molecule has 6 heteroatoms. The van der Waals surface area contributed by atoms with E-state index in [1.165, 1.54) is 161 Å². The van der Waals surface area contributed by atoms with Crippen LogP contribution < -0.4 is 0 Å². The van der Waals surface area contributed by atoms with Crippen molar-refractivity contribution in [1.29, 1.82) is 0 Å². The van der Waals surface area contributed by atoms with Crippen molar-refractivity contribution in [1.82, 2.24) is 4.90 Å². The summed E-state index contributed by atoms with van der Waals surface area (Å²) in [7, 11) is 0. The summed E-state index contributed by atoms with van der Waals surface area (Å²) in [6.07, 6.45) is 40.3. The summed E-state index contributed by atoms with van der Waals surface area (Å²) in [5.74, 6) is 0.0307. The van der Waals surface area contributed by atoms with Crippen LogP contribution in [0.3, 0.4) is 0 Å². The summed E-state index contributed by atoms with van der Waals surface area (Å²) in [5, 5.41) is 9.32. The number of hydrogen-bond acceptors (Lipinski definition) is 6. The molecule has 0 saturated heterocycles. The number of nitrogens with zero attached hydrogens (tertiary/aromatic N) is 1. The first-order valence-corrected chi connectivity index (χ1v) is 23.1. The lowest BCUT2D eigenvalue weighted by Gasteiger charge is -2.21. The molecule has 0 amide bonds. The zero-order valence-electron chi connectivity index (χ0n) is 35.9. The summed E-state index contributed by atoms with van der Waals surface area (Å²) in [5.41, 5.74) is 0. The number of rotatable bonds is 41. The van der Waals surface area contributed by atoms with Gasteiger partial charge in [-0.15, -0.1) is 0 Å². The molecule has 1 unspecified atom stereocenters. The maximum Gasteiger partial charge on any atom is 0.306 e. The third-order valence-corrected chi connectivity index (χ3v) is 10.4. The molecule has 0 saturated carbocycles. The predicted molar refractivity (Wildman–Crippen MR) is 225 cm³/mol. The maximum absolute atomic E-state index is 12.5. The second-order valence-corrected chi connectivity index (χ2v) is 15.6. The molecule has 0 aromatic heterocycles. The molecule has 52 heavy (non-hydrogen) atoms. The van der Waals surface area contributed by atoms with Gasteiger partial charge in [0.05, 0.1) is 6.61 Å². The van der Waals surface area contributed by atoms with Gasteiger partial charge >= 0.3 is 5.97 Å². The van der Waals surface area contributed by atoms with Gasteiger partial charge in [0.1, 0.15) is 12.2 Å². The number of unbranched alkanes of at least 4 members (excludes halogenated alkanes) is 22. The van der Waals surface area contributed by atoms with Crippen molar-refractivity contribution in [2.45, 2.75) is 259 Å². The van der Waals surface area contributed by atoms with E-state index in [4.69, 9.17) is 9.47 Å². The smallest absolute Gasteiger partial charge is 0.306 e. The molecule has 0 radical (unpaired) electrons. The molecule has 0 spiro atoms. The average Bonchev–Trinajstić information content (AvgIpc) is 3.14. The van der Waals surface area contributed by atoms with Gasteiger partial charge in [-0.25, -0.2) is 0 Å². The SMILES string of the molecule is CCCCCCCCC(CCC)OC=O.CCCCCCCCC(CCCCCCCC)OC(=O)CCCCCCCN(CCO)CCCCCC. The molecule has 0 aromatic carbocycles. The predicted octanol–water partition coefficient (Wildman–Crippen LogP) is 13.7. The van der Waals surface area contributed by atoms with Crippen LogP contribution in [0.4, 0.5) is 0 Å². The topological polar surface area (TPSA) is 76.1 Å². The second-order valence-electron chi connectivity index (χ2n) is 15.6. The van der Waals surface area contributed by atoms with Gasteiger partial charge < -0.3 is 19.5 Å². The molecule has 6 nitrogen and oxygen atoms in total. The molecule has 0 aromatic rings. The lowest BCUT2D eigenvalue weighted by atomic mass is 10.0. The van der Waals surface area contributed by atoms with Gasteiger partial charge in [-0.3, -0.25) is 9.59 Å². The molecule has 0 fully saturated rings. The average molecular weight is 740 g/mol. The van der Waals surface area contributed by atoms with Crippen LogP contribution in [-0.4, -0.2) is 60.9 Å². The lowest BCUT2D eigenvalue weighted by Crippen LogP contribution is -2.29. The van der Waals surface area contributed by atoms with Crippen LogP contribution in [0.2, 0.25) is 0 Å². The molecule has 0 heterocycles. The molecule has 1 N–H and O–H groups in total. The van der Waals surface area contributed by atoms with Crippen LogP contribution in [0.25, 0.3) is 0 Å². The van der Waals surface area contributed by atoms with Crippen molar-refractivity contribution in [3.63, 3.8) is 0 Å². The monoisotopic (exact) mass is 740 g/mol. The van der Waals surface area contributed by atoms with Crippen molar-refractivity contribution in [2.75, 3.05) is 26.2 Å². The first-order chi connectivity index (χ1) is 25.5. The van der Waals surface area contributed by atoms with Gasteiger partial charge in [0.15, 0.2) is 0 Å². The van der Waals surface area contributed by atoms with E-state index in [1.54, 1.807) is 0 Å². The first kappa shape index (κ1) is 53.0. The Morgan fingerprint density at radius 2 is 0.865 bits per heavy atom. The largest absolute Gasteiger partial charge is 0.465 e. The standard InChI is InChI=1S/C33H67NO3.C13H26O2/c1-4-7-10-13-16-20-25-32(26-21-17-14-11-8-5-2)37-33(36)27-22-18-15-19-24-29-34(30-31-35)28-23-12-9-6-3;1-3-5-6-7-8-9-11-13(10-4-2)15-12-14/h32,35H,4-31H2,1-3H3;12-13H,3-11H2,1-2H3. The number of carbonyl (C=O) groups excluding carboxylic acids is 2. The normalized spacial score (nSPS) is 11.8. The Morgan fingerprint density at radius 3 is 1.29 bits per heavy atom. The van der Waals surface area contributed by atoms with Crippen molar-refractivity contribution in [3.05, 3.63) is 0 Å². The third kappa shape index (κ3) is 41.6. The minimum atomic E-state index is 0.0307. The van der Waals surface area contributed by atoms with Crippen LogP contribution in [0.5, 0.6) is 0 Å². The van der Waals surface area contributed by atoms with E-state index in [9.17, 15) is 14.7 Å². The number of ether oxygens (including phenoxy) is 2. The highest BCUT2D eigenvalue weighted by molar-refractivity contribution is 5.69. The van der Waals surface area contributed by atoms with E-state index in [-0.39, 0.29) is 24.8 Å². The van der Waals surface area contributed by atoms with Gasteiger partial charge in [0.2, 0.25) is 0 Å². The van der Waals surface area contributed by atoms with Gasteiger partial charge in [0.25, 0.3) is 6.47 Å². The second kappa shape index (κ2) is 46.0. The van der Waals surface area contributed by atoms with E-state index in [2.05, 4.69) is 39.5 Å². The number of aliphatic hydroxyl groups is 1. The van der Waals surface area contributed by atoms with Crippen LogP contribution in [0.15, 0.2) is 0 Å². The Bertz CT molecular complexity index is 674. The number of aliphatic hydroxyl groups excluding tert-OH is 1. The Labute approximate surface area is 325 Å². The van der Waals surface area contributed by atoms with Gasteiger partial charge in [0, 0.05) is 13.0 Å². The van der Waals surface area contributed by atoms with Crippen molar-refractivity contribution in [2.24, 2.45) is 0 Å². The fraction of sp³-hybridized carbons (Fsp3) is 0.957. The van der Waals surface area contributed by atoms with Crippen LogP contribution in [0, 0.1) is 0 Å². The Hall–Kier alpha value is -1.14. The van der Waals surface area contributed by atoms with Crippen LogP contribution >= 0.6 is 0 Å². The first-order valence-electron chi connectivity index (χ1n) is 23.1. The quantitative estimate of drug-likeness (QED) is 0.0382. The minimum absolute atomic E-state index is 0.0307. The van der Waals surface area contributed by atoms with Gasteiger partial charge in [-0.1, -0.05) is 176 Å². The Morgan fingerprint density at radius 1 is 0.481 bits per heavy atom. The fourth-order valence-electron chi connectivity index (χ4n) is 7.02. The van der Waals surface area contributed by atoms with Gasteiger partial charge in [-0.05, 0) is 77.3 Å². The number of carbonyl (C=O) groups is 2. The van der Waals surface area contributed by atoms with Crippen LogP contribution in [0.1, 0.15) is 247 Å². The third-order valence-electron chi connectivity index (χ3n) is 10.4. The molecule has 0 aliphatic carbocycles. The molecular formula is C46H93NO5. The van der Waals surface area contributed by atoms with E-state index >= 15 is 0 Å². The highest BCUT2D eigenvalue weighted by Crippen LogP contribution is 2.19. The minimum Gasteiger partial charge on any atom is -0.465 e. The zero-order chi connectivity index (χ0) is 38.6. The lowest BCUT2D eigenvalue weighted by molar-refractivity contribution is -0.150. The molecule has 1 atom stereocenters. The summed E-state index contributed by atoms with van der Waals surface area (Å²) in [4.78, 5) is 25.2.